The molecule has 0 bridgehead atoms. The molecule has 2 unspecified atom stereocenters. The van der Waals surface area contributed by atoms with Crippen LogP contribution in [0.15, 0.2) is 11.0 Å². The van der Waals surface area contributed by atoms with Crippen LogP contribution in [0, 0.1) is 5.92 Å². The zero-order valence-electron chi connectivity index (χ0n) is 9.23. The van der Waals surface area contributed by atoms with Gasteiger partial charge in [0.2, 0.25) is 0 Å². The largest absolute Gasteiger partial charge is 0.283 e. The molecule has 1 aliphatic heterocycles. The number of allylic oxidation sites excluding steroid dienone is 1. The molecule has 2 atom stereocenters. The van der Waals surface area contributed by atoms with E-state index in [0.717, 1.165) is 4.91 Å². The molecule has 1 aliphatic carbocycles. The Balaban J connectivity index is 2.03. The van der Waals surface area contributed by atoms with Crippen molar-refractivity contribution in [3.8, 4) is 0 Å². The Morgan fingerprint density at radius 3 is 2.93 bits per heavy atom. The predicted octanol–water partition coefficient (Wildman–Crippen LogP) is 2.20. The lowest BCUT2D eigenvalue weighted by molar-refractivity contribution is -0.163. The average molecular weight is 227 g/mol. The molecule has 0 aromatic rings. The second kappa shape index (κ2) is 4.58. The molecule has 1 heterocycles. The van der Waals surface area contributed by atoms with Gasteiger partial charge in [-0.05, 0) is 18.8 Å². The summed E-state index contributed by atoms with van der Waals surface area (Å²) in [4.78, 5) is 17.6. The summed E-state index contributed by atoms with van der Waals surface area (Å²) in [7, 11) is 3.18. The Hall–Kier alpha value is -0.480. The highest BCUT2D eigenvalue weighted by atomic mass is 32.2. The number of thioether (sulfide) groups is 1. The standard InChI is InChI=1S/C11H17NO2S/c1-12(14-2)11(13)10-7-8-5-3-4-6-9(8)15-10/h7-9H,3-6H2,1-2H3. The minimum absolute atomic E-state index is 0.00287. The third kappa shape index (κ3) is 2.21. The van der Waals surface area contributed by atoms with Crippen molar-refractivity contribution in [2.45, 2.75) is 30.9 Å². The van der Waals surface area contributed by atoms with Gasteiger partial charge in [-0.15, -0.1) is 11.8 Å². The molecule has 2 rings (SSSR count). The SMILES string of the molecule is CON(C)C(=O)C1=CC2CCCCC2S1. The topological polar surface area (TPSA) is 29.5 Å². The van der Waals surface area contributed by atoms with Gasteiger partial charge in [-0.25, -0.2) is 5.06 Å². The molecular weight excluding hydrogens is 210 g/mol. The van der Waals surface area contributed by atoms with Crippen LogP contribution in [0.1, 0.15) is 25.7 Å². The van der Waals surface area contributed by atoms with E-state index in [1.807, 2.05) is 0 Å². The third-order valence-corrected chi connectivity index (χ3v) is 4.62. The first-order valence-electron chi connectivity index (χ1n) is 5.43. The average Bonchev–Trinajstić information content (AvgIpc) is 2.70. The summed E-state index contributed by atoms with van der Waals surface area (Å²) in [5, 5.41) is 1.94. The number of hydrogen-bond acceptors (Lipinski definition) is 3. The number of hydroxylamine groups is 2. The summed E-state index contributed by atoms with van der Waals surface area (Å²) in [5.74, 6) is 0.616. The Labute approximate surface area is 94.8 Å². The molecule has 2 aliphatic rings. The van der Waals surface area contributed by atoms with Crippen molar-refractivity contribution in [2.24, 2.45) is 5.92 Å². The maximum absolute atomic E-state index is 11.8. The highest BCUT2D eigenvalue weighted by Gasteiger charge is 2.33. The van der Waals surface area contributed by atoms with Crippen molar-refractivity contribution in [1.29, 1.82) is 0 Å². The van der Waals surface area contributed by atoms with Crippen molar-refractivity contribution in [2.75, 3.05) is 14.2 Å². The molecule has 0 saturated heterocycles. The van der Waals surface area contributed by atoms with Crippen LogP contribution in [0.4, 0.5) is 0 Å². The number of fused-ring (bicyclic) bond motifs is 1. The van der Waals surface area contributed by atoms with E-state index in [2.05, 4.69) is 6.08 Å². The van der Waals surface area contributed by atoms with Gasteiger partial charge >= 0.3 is 0 Å². The Kier molecular flexibility index (Phi) is 3.36. The quantitative estimate of drug-likeness (QED) is 0.677. The lowest BCUT2D eigenvalue weighted by Crippen LogP contribution is -2.25. The van der Waals surface area contributed by atoms with E-state index in [9.17, 15) is 4.79 Å². The van der Waals surface area contributed by atoms with Crippen LogP contribution in [0.3, 0.4) is 0 Å². The van der Waals surface area contributed by atoms with Gasteiger partial charge < -0.3 is 0 Å². The first kappa shape index (κ1) is 11.0. The second-order valence-corrected chi connectivity index (χ2v) is 5.40. The molecule has 1 amide bonds. The van der Waals surface area contributed by atoms with Crippen molar-refractivity contribution in [3.05, 3.63) is 11.0 Å². The van der Waals surface area contributed by atoms with Gasteiger partial charge in [-0.3, -0.25) is 9.63 Å². The van der Waals surface area contributed by atoms with E-state index in [-0.39, 0.29) is 5.91 Å². The molecule has 3 nitrogen and oxygen atoms in total. The summed E-state index contributed by atoms with van der Waals surface area (Å²) in [6.07, 6.45) is 7.25. The minimum Gasteiger partial charge on any atom is -0.274 e. The van der Waals surface area contributed by atoms with Crippen molar-refractivity contribution < 1.29 is 9.63 Å². The zero-order valence-corrected chi connectivity index (χ0v) is 10.0. The summed E-state index contributed by atoms with van der Waals surface area (Å²) in [6.45, 7) is 0. The van der Waals surface area contributed by atoms with Gasteiger partial charge in [0.1, 0.15) is 0 Å². The van der Waals surface area contributed by atoms with Gasteiger partial charge in [0.25, 0.3) is 5.91 Å². The van der Waals surface area contributed by atoms with E-state index < -0.39 is 0 Å². The van der Waals surface area contributed by atoms with Crippen molar-refractivity contribution >= 4 is 17.7 Å². The number of carbonyl (C=O) groups is 1. The Morgan fingerprint density at radius 1 is 1.53 bits per heavy atom. The van der Waals surface area contributed by atoms with Gasteiger partial charge in [0, 0.05) is 12.3 Å². The molecule has 84 valence electrons. The number of amides is 1. The molecule has 4 heteroatoms. The molecule has 0 N–H and O–H groups in total. The number of nitrogens with zero attached hydrogens (tertiary/aromatic N) is 1. The van der Waals surface area contributed by atoms with Crippen LogP contribution in [0.25, 0.3) is 0 Å². The van der Waals surface area contributed by atoms with E-state index in [1.165, 1.54) is 37.9 Å². The monoisotopic (exact) mass is 227 g/mol. The second-order valence-electron chi connectivity index (χ2n) is 4.12. The molecule has 0 aromatic heterocycles. The van der Waals surface area contributed by atoms with Crippen LogP contribution in [0.2, 0.25) is 0 Å². The Morgan fingerprint density at radius 2 is 2.27 bits per heavy atom. The highest BCUT2D eigenvalue weighted by molar-refractivity contribution is 8.04. The van der Waals surface area contributed by atoms with Crippen molar-refractivity contribution in [1.82, 2.24) is 5.06 Å². The maximum atomic E-state index is 11.8. The number of likely N-dealkylation sites (N-methyl/N-ethyl adjacent to an activating group) is 1. The fourth-order valence-electron chi connectivity index (χ4n) is 2.22. The van der Waals surface area contributed by atoms with Gasteiger partial charge in [-0.1, -0.05) is 18.9 Å². The van der Waals surface area contributed by atoms with Crippen LogP contribution in [0.5, 0.6) is 0 Å². The van der Waals surface area contributed by atoms with Crippen LogP contribution < -0.4 is 0 Å². The van der Waals surface area contributed by atoms with E-state index >= 15 is 0 Å². The van der Waals surface area contributed by atoms with Crippen LogP contribution >= 0.6 is 11.8 Å². The fraction of sp³-hybridized carbons (Fsp3) is 0.727. The molecule has 0 spiro atoms. The van der Waals surface area contributed by atoms with Gasteiger partial charge in [0.05, 0.1) is 12.0 Å². The first-order valence-corrected chi connectivity index (χ1v) is 6.31. The molecule has 0 aromatic carbocycles. The van der Waals surface area contributed by atoms with E-state index in [4.69, 9.17) is 4.84 Å². The summed E-state index contributed by atoms with van der Waals surface area (Å²) < 4.78 is 0. The number of carbonyl (C=O) groups excluding carboxylic acids is 1. The van der Waals surface area contributed by atoms with Gasteiger partial charge in [0.15, 0.2) is 0 Å². The normalized spacial score (nSPS) is 29.6. The fourth-order valence-corrected chi connectivity index (χ4v) is 3.70. The van der Waals surface area contributed by atoms with Crippen LogP contribution in [-0.2, 0) is 9.63 Å². The molecule has 1 saturated carbocycles. The maximum Gasteiger partial charge on any atom is 0.283 e. The summed E-state index contributed by atoms with van der Waals surface area (Å²) in [6, 6.07) is 0. The summed E-state index contributed by atoms with van der Waals surface area (Å²) in [5.41, 5.74) is 0. The predicted molar refractivity (Wildman–Crippen MR) is 61.2 cm³/mol. The van der Waals surface area contributed by atoms with E-state index in [0.29, 0.717) is 11.2 Å². The molecule has 15 heavy (non-hydrogen) atoms. The van der Waals surface area contributed by atoms with Crippen molar-refractivity contribution in [3.63, 3.8) is 0 Å². The molecular formula is C11H17NO2S. The lowest BCUT2D eigenvalue weighted by atomic mass is 9.89. The molecule has 0 radical (unpaired) electrons. The number of hydrogen-bond donors (Lipinski definition) is 0. The highest BCUT2D eigenvalue weighted by Crippen LogP contribution is 2.44. The zero-order chi connectivity index (χ0) is 10.8. The Bertz CT molecular complexity index is 290. The van der Waals surface area contributed by atoms with Gasteiger partial charge in [-0.2, -0.15) is 0 Å². The summed E-state index contributed by atoms with van der Waals surface area (Å²) >= 11 is 1.74. The smallest absolute Gasteiger partial charge is 0.274 e. The lowest BCUT2D eigenvalue weighted by Gasteiger charge is -2.23. The van der Waals surface area contributed by atoms with E-state index in [1.54, 1.807) is 18.8 Å². The van der Waals surface area contributed by atoms with Crippen LogP contribution in [-0.4, -0.2) is 30.4 Å². The number of rotatable bonds is 2. The third-order valence-electron chi connectivity index (χ3n) is 3.17. The first-order chi connectivity index (χ1) is 7.22. The molecule has 1 fully saturated rings. The minimum atomic E-state index is -0.00287.